The summed E-state index contributed by atoms with van der Waals surface area (Å²) in [6, 6.07) is 173. The summed E-state index contributed by atoms with van der Waals surface area (Å²) < 4.78 is 2.35. The summed E-state index contributed by atoms with van der Waals surface area (Å²) in [6.45, 7) is 9.49. The van der Waals surface area contributed by atoms with E-state index in [1.165, 1.54) is 103 Å². The molecule has 0 spiro atoms. The van der Waals surface area contributed by atoms with Crippen molar-refractivity contribution in [2.45, 2.75) is 40.0 Å². The van der Waals surface area contributed by atoms with E-state index in [4.69, 9.17) is 15.1 Å². The smallest absolute Gasteiger partial charge is 0.160 e. The first kappa shape index (κ1) is 88.7. The van der Waals surface area contributed by atoms with Gasteiger partial charge in [0, 0.05) is 99.7 Å². The fourth-order valence-electron chi connectivity index (χ4n) is 16.8. The Kier molecular flexibility index (Phi) is 27.6. The molecule has 0 aliphatic heterocycles. The van der Waals surface area contributed by atoms with Gasteiger partial charge in [0.25, 0.3) is 0 Å². The van der Waals surface area contributed by atoms with Gasteiger partial charge >= 0.3 is 0 Å². The zero-order valence-electron chi connectivity index (χ0n) is 74.6. The first-order chi connectivity index (χ1) is 64.7. The van der Waals surface area contributed by atoms with Crippen LogP contribution in [0.4, 0.5) is 34.1 Å². The Labute approximate surface area is 792 Å². The predicted molar refractivity (Wildman–Crippen MR) is 553 cm³/mol. The van der Waals surface area contributed by atoms with Crippen LogP contribution in [-0.4, -0.2) is 30.4 Å². The number of para-hydroxylation sites is 2. The molecule has 21 aromatic rings. The van der Waals surface area contributed by atoms with Crippen molar-refractivity contribution in [3.05, 3.63) is 509 Å². The third kappa shape index (κ3) is 21.0. The second-order valence-corrected chi connectivity index (χ2v) is 33.6. The number of aromatic nitrogens is 4. The summed E-state index contributed by atoms with van der Waals surface area (Å²) >= 11 is 0. The fraction of sp³-hybridized carbons (Fsp3) is 0.0484. The van der Waals surface area contributed by atoms with Crippen molar-refractivity contribution in [1.82, 2.24) is 19.5 Å². The van der Waals surface area contributed by atoms with Gasteiger partial charge in [-0.3, -0.25) is 4.79 Å². The van der Waals surface area contributed by atoms with Gasteiger partial charge in [-0.05, 0) is 218 Å². The Hall–Kier alpha value is -16.3. The van der Waals surface area contributed by atoms with E-state index in [-0.39, 0.29) is 37.1 Å². The monoisotopic (exact) mass is 1890 g/mol. The van der Waals surface area contributed by atoms with Crippen molar-refractivity contribution in [3.63, 3.8) is 0 Å². The Bertz CT molecular complexity index is 6990. The molecule has 0 aliphatic carbocycles. The Morgan fingerprint density at radius 2 is 0.632 bits per heavy atom. The molecule has 0 fully saturated rings. The number of anilines is 6. The van der Waals surface area contributed by atoms with Gasteiger partial charge < -0.3 is 24.5 Å². The average molecular weight is 1900 g/mol. The van der Waals surface area contributed by atoms with Gasteiger partial charge in [-0.2, -0.15) is 0 Å². The van der Waals surface area contributed by atoms with Crippen molar-refractivity contribution < 1.29 is 30.0 Å². The number of benzene rings is 18. The van der Waals surface area contributed by atoms with Gasteiger partial charge in [-0.15, -0.1) is 35.4 Å². The number of carbonyl (C=O) groups is 1. The largest absolute Gasteiger partial charge is 0.512 e. The summed E-state index contributed by atoms with van der Waals surface area (Å²) in [6.07, 6.45) is 3.03. The van der Waals surface area contributed by atoms with Crippen molar-refractivity contribution in [3.8, 4) is 118 Å². The van der Waals surface area contributed by atoms with E-state index in [9.17, 15) is 4.79 Å². The van der Waals surface area contributed by atoms with Crippen LogP contribution < -0.4 is 9.80 Å². The van der Waals surface area contributed by atoms with Crippen LogP contribution in [0.3, 0.4) is 0 Å². The van der Waals surface area contributed by atoms with E-state index in [2.05, 4.69) is 483 Å². The third-order valence-electron chi connectivity index (χ3n) is 23.6. The molecule has 133 heavy (non-hydrogen) atoms. The Morgan fingerprint density at radius 1 is 0.316 bits per heavy atom. The summed E-state index contributed by atoms with van der Waals surface area (Å²) in [4.78, 5) is 29.2. The molecular formula is C124H97IrN6O2-. The molecule has 0 saturated carbocycles. The van der Waals surface area contributed by atoms with Crippen molar-refractivity contribution in [2.24, 2.45) is 0 Å². The second kappa shape index (κ2) is 41.4. The number of nitrogens with zero attached hydrogens (tertiary/aromatic N) is 6. The summed E-state index contributed by atoms with van der Waals surface area (Å²) in [5, 5.41) is 13.3. The molecule has 18 aromatic carbocycles. The molecule has 9 heteroatoms. The average Bonchev–Trinajstić information content (AvgIpc) is 1.60. The van der Waals surface area contributed by atoms with Crippen LogP contribution in [0.5, 0.6) is 0 Å². The molecule has 3 aromatic heterocycles. The van der Waals surface area contributed by atoms with Crippen LogP contribution in [0, 0.1) is 6.07 Å². The van der Waals surface area contributed by atoms with Crippen molar-refractivity contribution >= 4 is 72.5 Å². The first-order valence-electron chi connectivity index (χ1n) is 44.6. The molecule has 21 rings (SSSR count). The number of aliphatic hydroxyl groups is 1. The normalized spacial score (nSPS) is 11.1. The van der Waals surface area contributed by atoms with Crippen LogP contribution in [-0.2, 0) is 30.3 Å². The number of ketones is 1. The number of carbonyl (C=O) groups excluding carboxylic acids is 1. The first-order valence-corrected chi connectivity index (χ1v) is 44.6. The van der Waals surface area contributed by atoms with Crippen LogP contribution in [0.25, 0.3) is 150 Å². The molecule has 0 aliphatic rings. The number of hydrogen-bond acceptors (Lipinski definition) is 7. The number of fused-ring (bicyclic) bond motifs is 4. The molecule has 0 bridgehead atoms. The van der Waals surface area contributed by atoms with Gasteiger partial charge in [-0.1, -0.05) is 367 Å². The number of aliphatic hydroxyl groups excluding tert-OH is 1. The van der Waals surface area contributed by atoms with E-state index >= 15 is 0 Å². The van der Waals surface area contributed by atoms with Crippen LogP contribution >= 0.6 is 0 Å². The molecule has 0 atom stereocenters. The molecule has 0 saturated heterocycles. The number of pyridine rings is 1. The molecule has 0 unspecified atom stereocenters. The number of rotatable bonds is 18. The zero-order valence-corrected chi connectivity index (χ0v) is 77.0. The van der Waals surface area contributed by atoms with E-state index in [0.29, 0.717) is 0 Å². The van der Waals surface area contributed by atoms with Gasteiger partial charge in [0.2, 0.25) is 0 Å². The van der Waals surface area contributed by atoms with Gasteiger partial charge in [0.15, 0.2) is 11.6 Å². The maximum absolute atomic E-state index is 10.0. The van der Waals surface area contributed by atoms with E-state index in [1.54, 1.807) is 0 Å². The van der Waals surface area contributed by atoms with Gasteiger partial charge in [0.1, 0.15) is 0 Å². The Morgan fingerprint density at radius 3 is 0.992 bits per heavy atom. The molecule has 8 nitrogen and oxygen atoms in total. The quantitative estimate of drug-likeness (QED) is 0.0520. The van der Waals surface area contributed by atoms with E-state index in [1.807, 2.05) is 48.7 Å². The second-order valence-electron chi connectivity index (χ2n) is 33.6. The van der Waals surface area contributed by atoms with Crippen molar-refractivity contribution in [1.29, 1.82) is 0 Å². The summed E-state index contributed by atoms with van der Waals surface area (Å²) in [5.74, 6) is 0.658. The third-order valence-corrected chi connectivity index (χ3v) is 23.6. The SMILES string of the molecule is CC(=O)C=C(C)O.CC(C)(C)c1c[c-]c(-c2nccc3ccccc23)cc1.[Ir].c1ccc(-c2cc(-c3cccc(-c4ccc(-n5c6ccccc6c6ccccc65)cc4)c3)nc(-c3ccccc3)n2)cc1.c1ccc(-c2ccc(N(c3ccc(-c4ccccc4)cc3)c3ccc(-c4ccc(N(c5ccc(-c6ccccc6)cc5)c5ccc(-c6ccccc6)cc5)cc4)cc3)cc2)cc1. The molecule has 1 radical (unpaired) electrons. The molecular weight excluding hydrogens is 1800 g/mol. The maximum Gasteiger partial charge on any atom is 0.160 e. The van der Waals surface area contributed by atoms with Gasteiger partial charge in [0.05, 0.1) is 28.2 Å². The predicted octanol–water partition coefficient (Wildman–Crippen LogP) is 33.2. The maximum atomic E-state index is 10.0. The van der Waals surface area contributed by atoms with E-state index < -0.39 is 0 Å². The molecule has 3 heterocycles. The Balaban J connectivity index is 0.000000149. The van der Waals surface area contributed by atoms with Gasteiger partial charge in [-0.25, -0.2) is 9.97 Å². The van der Waals surface area contributed by atoms with Crippen LogP contribution in [0.15, 0.2) is 497 Å². The van der Waals surface area contributed by atoms with Crippen LogP contribution in [0.1, 0.15) is 40.2 Å². The zero-order chi connectivity index (χ0) is 90.1. The topological polar surface area (TPSA) is 87.4 Å². The number of allylic oxidation sites excluding steroid dienone is 2. The van der Waals surface area contributed by atoms with E-state index in [0.717, 1.165) is 107 Å². The molecule has 0 amide bonds. The minimum Gasteiger partial charge on any atom is -0.512 e. The minimum absolute atomic E-state index is 0. The fourth-order valence-corrected chi connectivity index (χ4v) is 16.8. The number of hydrogen-bond donors (Lipinski definition) is 1. The minimum atomic E-state index is -0.125. The standard InChI is InChI=1S/C60H44N2.C40H27N3.C19H18N.C5H8O2.Ir/c1-5-13-45(14-6-1)49-21-33-55(34-22-49)61(56-35-23-50(24-36-56)46-15-7-2-8-16-46)59-41-29-53(30-42-59)54-31-43-60(44-32-54)62(57-37-25-51(26-38-57)47-17-9-3-10-18-47)58-39-27-52(28-40-58)48-19-11-4-12-20-48;1-3-12-29(13-4-1)36-27-37(42-40(41-36)30-14-5-2-6-15-30)32-17-11-16-31(26-32)28-22-24-33(25-23-28)43-38-20-9-7-18-34(38)35-19-8-10-21-39(35)43;1-19(2,3)16-10-8-15(9-11-16)18-17-7-5-4-6-14(17)12-13-20-18;1-4(6)3-5(2)7;/h1-44H;1-27H;4-8,10-13H,1-3H3;3,6H,1-2H3;/q;;-1;;. The van der Waals surface area contributed by atoms with Crippen LogP contribution in [0.2, 0.25) is 0 Å². The molecule has 1 N–H and O–H groups in total. The molecule has 645 valence electrons. The van der Waals surface area contributed by atoms with Crippen molar-refractivity contribution in [2.75, 3.05) is 9.80 Å². The summed E-state index contributed by atoms with van der Waals surface area (Å²) in [5.41, 5.74) is 32.8. The summed E-state index contributed by atoms with van der Waals surface area (Å²) in [7, 11) is 0.